The Kier molecular flexibility index (Phi) is 5.33. The highest BCUT2D eigenvalue weighted by molar-refractivity contribution is 5.92. The van der Waals surface area contributed by atoms with Gasteiger partial charge >= 0.3 is 0 Å². The Bertz CT molecular complexity index is 913. The van der Waals surface area contributed by atoms with Gasteiger partial charge in [-0.1, -0.05) is 30.3 Å². The molecule has 0 spiro atoms. The van der Waals surface area contributed by atoms with Crippen molar-refractivity contribution >= 4 is 5.91 Å². The van der Waals surface area contributed by atoms with Crippen molar-refractivity contribution in [3.05, 3.63) is 83.8 Å². The Morgan fingerprint density at radius 3 is 2.43 bits per heavy atom. The summed E-state index contributed by atoms with van der Waals surface area (Å²) in [5, 5.41) is 0. The monoisotopic (exact) mass is 377 g/mol. The molecule has 1 aromatic heterocycles. The molecule has 2 aromatic carbocycles. The second kappa shape index (κ2) is 8.21. The minimum Gasteiger partial charge on any atom is -0.497 e. The normalized spacial score (nSPS) is 13.2. The summed E-state index contributed by atoms with van der Waals surface area (Å²) in [6, 6.07) is 21.2. The van der Waals surface area contributed by atoms with Crippen LogP contribution < -0.4 is 9.47 Å². The topological polar surface area (TPSA) is 51.9 Å². The van der Waals surface area contributed by atoms with Gasteiger partial charge in [-0.05, 0) is 54.8 Å². The lowest BCUT2D eigenvalue weighted by Gasteiger charge is -2.21. The maximum absolute atomic E-state index is 13.0. The van der Waals surface area contributed by atoms with Crippen molar-refractivity contribution in [1.29, 1.82) is 0 Å². The summed E-state index contributed by atoms with van der Waals surface area (Å²) in [5.41, 5.74) is 1.07. The van der Waals surface area contributed by atoms with Crippen LogP contribution >= 0.6 is 0 Å². The summed E-state index contributed by atoms with van der Waals surface area (Å²) in [7, 11) is 1.64. The summed E-state index contributed by atoms with van der Waals surface area (Å²) < 4.78 is 16.7. The van der Waals surface area contributed by atoms with Crippen LogP contribution in [0.1, 0.15) is 34.7 Å². The van der Waals surface area contributed by atoms with Gasteiger partial charge in [-0.3, -0.25) is 4.79 Å². The fourth-order valence-corrected chi connectivity index (χ4v) is 3.06. The van der Waals surface area contributed by atoms with Crippen molar-refractivity contribution in [2.75, 3.05) is 7.11 Å². The zero-order chi connectivity index (χ0) is 19.3. The average molecular weight is 377 g/mol. The van der Waals surface area contributed by atoms with Crippen molar-refractivity contribution in [1.82, 2.24) is 4.90 Å². The molecule has 144 valence electrons. The fourth-order valence-electron chi connectivity index (χ4n) is 3.06. The van der Waals surface area contributed by atoms with Crippen molar-refractivity contribution in [2.24, 2.45) is 0 Å². The molecule has 0 N–H and O–H groups in total. The summed E-state index contributed by atoms with van der Waals surface area (Å²) in [5.74, 6) is 2.48. The van der Waals surface area contributed by atoms with E-state index in [9.17, 15) is 4.79 Å². The Morgan fingerprint density at radius 2 is 1.75 bits per heavy atom. The van der Waals surface area contributed by atoms with Crippen molar-refractivity contribution in [3.8, 4) is 11.5 Å². The predicted octanol–water partition coefficient (Wildman–Crippen LogP) is 4.67. The molecular formula is C23H23NO4. The van der Waals surface area contributed by atoms with Crippen LogP contribution in [0.2, 0.25) is 0 Å². The van der Waals surface area contributed by atoms with Gasteiger partial charge in [0.15, 0.2) is 5.76 Å². The zero-order valence-electron chi connectivity index (χ0n) is 15.8. The first-order chi connectivity index (χ1) is 13.7. The number of hydrogen-bond acceptors (Lipinski definition) is 4. The predicted molar refractivity (Wildman–Crippen MR) is 105 cm³/mol. The van der Waals surface area contributed by atoms with E-state index >= 15 is 0 Å². The Morgan fingerprint density at radius 1 is 1.00 bits per heavy atom. The average Bonchev–Trinajstić information content (AvgIpc) is 3.48. The third-order valence-corrected chi connectivity index (χ3v) is 4.76. The standard InChI is InChI=1S/C23H23NO4/c1-26-19-11-7-17(8-12-19)15-24(18-9-10-18)23(25)22-14-13-21(28-22)16-27-20-5-3-2-4-6-20/h2-8,11-14,18H,9-10,15-16H2,1H3. The molecule has 5 nitrogen and oxygen atoms in total. The Labute approximate surface area is 164 Å². The highest BCUT2D eigenvalue weighted by Gasteiger charge is 2.34. The summed E-state index contributed by atoms with van der Waals surface area (Å²) >= 11 is 0. The van der Waals surface area contributed by atoms with Crippen molar-refractivity contribution < 1.29 is 18.7 Å². The number of para-hydroxylation sites is 1. The molecule has 0 atom stereocenters. The molecule has 5 heteroatoms. The van der Waals surface area contributed by atoms with Crippen LogP contribution in [0.3, 0.4) is 0 Å². The molecule has 4 rings (SSSR count). The second-order valence-electron chi connectivity index (χ2n) is 6.88. The van der Waals surface area contributed by atoms with Gasteiger partial charge in [-0.2, -0.15) is 0 Å². The van der Waals surface area contributed by atoms with E-state index in [0.29, 0.717) is 24.7 Å². The van der Waals surface area contributed by atoms with E-state index in [2.05, 4.69) is 0 Å². The number of rotatable bonds is 8. The zero-order valence-corrected chi connectivity index (χ0v) is 15.8. The molecule has 0 saturated heterocycles. The third kappa shape index (κ3) is 4.36. The van der Waals surface area contributed by atoms with E-state index in [1.165, 1.54) is 0 Å². The van der Waals surface area contributed by atoms with Crippen LogP contribution in [-0.4, -0.2) is 24.0 Å². The molecule has 1 aliphatic rings. The number of ether oxygens (including phenoxy) is 2. The van der Waals surface area contributed by atoms with E-state index in [1.54, 1.807) is 19.2 Å². The van der Waals surface area contributed by atoms with Gasteiger partial charge in [0, 0.05) is 12.6 Å². The lowest BCUT2D eigenvalue weighted by Crippen LogP contribution is -2.32. The lowest BCUT2D eigenvalue weighted by atomic mass is 10.2. The highest BCUT2D eigenvalue weighted by Crippen LogP contribution is 2.30. The number of methoxy groups -OCH3 is 1. The number of nitrogens with zero attached hydrogens (tertiary/aromatic N) is 1. The van der Waals surface area contributed by atoms with Crippen LogP contribution in [-0.2, 0) is 13.2 Å². The molecule has 1 saturated carbocycles. The van der Waals surface area contributed by atoms with Crippen LogP contribution in [0.5, 0.6) is 11.5 Å². The van der Waals surface area contributed by atoms with Crippen LogP contribution in [0.15, 0.2) is 71.1 Å². The van der Waals surface area contributed by atoms with Gasteiger partial charge in [-0.25, -0.2) is 0 Å². The lowest BCUT2D eigenvalue weighted by molar-refractivity contribution is 0.0693. The van der Waals surface area contributed by atoms with Crippen LogP contribution in [0, 0.1) is 0 Å². The molecule has 28 heavy (non-hydrogen) atoms. The maximum Gasteiger partial charge on any atom is 0.290 e. The van der Waals surface area contributed by atoms with E-state index in [-0.39, 0.29) is 11.9 Å². The van der Waals surface area contributed by atoms with Crippen LogP contribution in [0.4, 0.5) is 0 Å². The number of amides is 1. The van der Waals surface area contributed by atoms with Gasteiger partial charge in [0.25, 0.3) is 5.91 Å². The summed E-state index contributed by atoms with van der Waals surface area (Å²) in [6.45, 7) is 0.850. The van der Waals surface area contributed by atoms with Gasteiger partial charge in [0.05, 0.1) is 7.11 Å². The van der Waals surface area contributed by atoms with E-state index in [4.69, 9.17) is 13.9 Å². The summed E-state index contributed by atoms with van der Waals surface area (Å²) in [6.07, 6.45) is 2.07. The smallest absolute Gasteiger partial charge is 0.290 e. The first kappa shape index (κ1) is 18.2. The van der Waals surface area contributed by atoms with Crippen molar-refractivity contribution in [3.63, 3.8) is 0 Å². The first-order valence-corrected chi connectivity index (χ1v) is 9.43. The van der Waals surface area contributed by atoms with Gasteiger partial charge in [0.2, 0.25) is 0 Å². The first-order valence-electron chi connectivity index (χ1n) is 9.43. The quantitative estimate of drug-likeness (QED) is 0.572. The molecule has 0 aliphatic heterocycles. The van der Waals surface area contributed by atoms with E-state index in [1.807, 2.05) is 59.5 Å². The van der Waals surface area contributed by atoms with E-state index in [0.717, 1.165) is 29.9 Å². The number of benzene rings is 2. The molecule has 0 bridgehead atoms. The minimum atomic E-state index is -0.0794. The number of carbonyl (C=O) groups is 1. The molecule has 1 heterocycles. The molecule has 0 unspecified atom stereocenters. The number of furan rings is 1. The van der Waals surface area contributed by atoms with Gasteiger partial charge in [-0.15, -0.1) is 0 Å². The largest absolute Gasteiger partial charge is 0.497 e. The Balaban J connectivity index is 1.42. The van der Waals surface area contributed by atoms with Crippen LogP contribution in [0.25, 0.3) is 0 Å². The van der Waals surface area contributed by atoms with E-state index < -0.39 is 0 Å². The molecule has 1 amide bonds. The Hall–Kier alpha value is -3.21. The molecule has 0 radical (unpaired) electrons. The van der Waals surface area contributed by atoms with Gasteiger partial charge in [0.1, 0.15) is 23.9 Å². The SMILES string of the molecule is COc1ccc(CN(C(=O)c2ccc(COc3ccccc3)o2)C2CC2)cc1. The third-order valence-electron chi connectivity index (χ3n) is 4.76. The summed E-state index contributed by atoms with van der Waals surface area (Å²) in [4.78, 5) is 14.9. The number of hydrogen-bond donors (Lipinski definition) is 0. The minimum absolute atomic E-state index is 0.0794. The molecule has 1 aliphatic carbocycles. The number of carbonyl (C=O) groups excluding carboxylic acids is 1. The molecule has 1 fully saturated rings. The van der Waals surface area contributed by atoms with Crippen molar-refractivity contribution in [2.45, 2.75) is 32.0 Å². The fraction of sp³-hybridized carbons (Fsp3) is 0.261. The highest BCUT2D eigenvalue weighted by atomic mass is 16.5. The second-order valence-corrected chi connectivity index (χ2v) is 6.88. The molecule has 3 aromatic rings. The molecular weight excluding hydrogens is 354 g/mol. The maximum atomic E-state index is 13.0. The van der Waals surface area contributed by atoms with Gasteiger partial charge < -0.3 is 18.8 Å².